The first-order valence-corrected chi connectivity index (χ1v) is 5.03. The molecule has 0 bridgehead atoms. The van der Waals surface area contributed by atoms with E-state index in [1.54, 1.807) is 12.1 Å². The largest absolute Gasteiger partial charge is 0.324 e. The van der Waals surface area contributed by atoms with Crippen LogP contribution < -0.4 is 5.73 Å². The maximum Gasteiger partial charge on any atom is 0.129 e. The third-order valence-corrected chi connectivity index (χ3v) is 2.74. The smallest absolute Gasteiger partial charge is 0.129 e. The minimum Gasteiger partial charge on any atom is -0.324 e. The Labute approximate surface area is 86.3 Å². The van der Waals surface area contributed by atoms with Crippen molar-refractivity contribution in [2.45, 2.75) is 19.9 Å². The summed E-state index contributed by atoms with van der Waals surface area (Å²) in [4.78, 5) is 0. The van der Waals surface area contributed by atoms with Crippen molar-refractivity contribution in [2.24, 2.45) is 11.7 Å². The Morgan fingerprint density at radius 1 is 1.38 bits per heavy atom. The molecule has 0 spiro atoms. The lowest BCUT2D eigenvalue weighted by molar-refractivity contribution is 0.483. The van der Waals surface area contributed by atoms with Gasteiger partial charge in [0.15, 0.2) is 0 Å². The fourth-order valence-electron chi connectivity index (χ4n) is 1.16. The van der Waals surface area contributed by atoms with Crippen molar-refractivity contribution in [1.29, 1.82) is 0 Å². The minimum atomic E-state index is -0.254. The van der Waals surface area contributed by atoms with E-state index in [2.05, 4.69) is 15.9 Å². The van der Waals surface area contributed by atoms with Gasteiger partial charge in [0.2, 0.25) is 0 Å². The Kier molecular flexibility index (Phi) is 3.45. The van der Waals surface area contributed by atoms with E-state index >= 15 is 0 Å². The molecule has 0 radical (unpaired) electrons. The zero-order valence-corrected chi connectivity index (χ0v) is 9.31. The molecule has 1 atom stereocenters. The maximum absolute atomic E-state index is 13.4. The van der Waals surface area contributed by atoms with Gasteiger partial charge in [0.05, 0.1) is 0 Å². The average Bonchev–Trinajstić information content (AvgIpc) is 2.03. The zero-order valence-electron chi connectivity index (χ0n) is 7.72. The van der Waals surface area contributed by atoms with Crippen LogP contribution in [0.5, 0.6) is 0 Å². The molecular formula is C10H13BrFN. The molecule has 0 saturated carbocycles. The van der Waals surface area contributed by atoms with Crippen LogP contribution in [0.2, 0.25) is 0 Å². The zero-order chi connectivity index (χ0) is 10.0. The first-order valence-electron chi connectivity index (χ1n) is 4.23. The molecular weight excluding hydrogens is 233 g/mol. The molecule has 0 saturated heterocycles. The van der Waals surface area contributed by atoms with Crippen molar-refractivity contribution >= 4 is 15.9 Å². The fourth-order valence-corrected chi connectivity index (χ4v) is 1.77. The lowest BCUT2D eigenvalue weighted by Gasteiger charge is -2.18. The second-order valence-corrected chi connectivity index (χ2v) is 4.26. The van der Waals surface area contributed by atoms with Gasteiger partial charge >= 0.3 is 0 Å². The molecule has 0 aliphatic rings. The van der Waals surface area contributed by atoms with Gasteiger partial charge < -0.3 is 5.73 Å². The van der Waals surface area contributed by atoms with Crippen molar-refractivity contribution in [3.63, 3.8) is 0 Å². The van der Waals surface area contributed by atoms with E-state index in [0.29, 0.717) is 5.56 Å². The second kappa shape index (κ2) is 4.20. The molecule has 0 aliphatic heterocycles. The monoisotopic (exact) mass is 245 g/mol. The summed E-state index contributed by atoms with van der Waals surface area (Å²) in [5.41, 5.74) is 6.44. The number of hydrogen-bond donors (Lipinski definition) is 1. The minimum absolute atomic E-state index is 0.230. The summed E-state index contributed by atoms with van der Waals surface area (Å²) in [5.74, 6) is -0.0104. The average molecular weight is 246 g/mol. The molecule has 1 nitrogen and oxygen atoms in total. The summed E-state index contributed by atoms with van der Waals surface area (Å²) >= 11 is 3.30. The Morgan fingerprint density at radius 3 is 2.46 bits per heavy atom. The highest BCUT2D eigenvalue weighted by Gasteiger charge is 2.17. The molecule has 1 aromatic rings. The quantitative estimate of drug-likeness (QED) is 0.851. The summed E-state index contributed by atoms with van der Waals surface area (Å²) in [6.45, 7) is 3.95. The van der Waals surface area contributed by atoms with Crippen LogP contribution in [0.3, 0.4) is 0 Å². The summed E-state index contributed by atoms with van der Waals surface area (Å²) in [5, 5.41) is 0. The summed E-state index contributed by atoms with van der Waals surface area (Å²) < 4.78 is 14.1. The third-order valence-electron chi connectivity index (χ3n) is 2.05. The van der Waals surface area contributed by atoms with E-state index in [1.165, 1.54) is 6.07 Å². The van der Waals surface area contributed by atoms with Crippen LogP contribution in [0.15, 0.2) is 22.7 Å². The van der Waals surface area contributed by atoms with Crippen molar-refractivity contribution in [1.82, 2.24) is 0 Å². The number of hydrogen-bond acceptors (Lipinski definition) is 1. The number of halogens is 2. The van der Waals surface area contributed by atoms with Crippen molar-refractivity contribution in [2.75, 3.05) is 0 Å². The first-order chi connectivity index (χ1) is 6.04. The second-order valence-electron chi connectivity index (χ2n) is 3.41. The van der Waals surface area contributed by atoms with Crippen LogP contribution in [-0.2, 0) is 0 Å². The summed E-state index contributed by atoms with van der Waals surface area (Å²) in [6.07, 6.45) is 0. The van der Waals surface area contributed by atoms with Gasteiger partial charge in [-0.25, -0.2) is 4.39 Å². The molecule has 0 fully saturated rings. The van der Waals surface area contributed by atoms with Crippen LogP contribution in [0.25, 0.3) is 0 Å². The van der Waals surface area contributed by atoms with E-state index in [4.69, 9.17) is 5.73 Å². The number of benzene rings is 1. The molecule has 0 heterocycles. The molecule has 1 rings (SSSR count). The third kappa shape index (κ3) is 2.29. The van der Waals surface area contributed by atoms with Crippen LogP contribution >= 0.6 is 15.9 Å². The Bertz CT molecular complexity index is 279. The Balaban J connectivity index is 3.12. The summed E-state index contributed by atoms with van der Waals surface area (Å²) in [7, 11) is 0. The van der Waals surface area contributed by atoms with Crippen LogP contribution in [0.4, 0.5) is 4.39 Å². The highest BCUT2D eigenvalue weighted by Crippen LogP contribution is 2.28. The maximum atomic E-state index is 13.4. The van der Waals surface area contributed by atoms with Crippen molar-refractivity contribution in [3.8, 4) is 0 Å². The molecule has 13 heavy (non-hydrogen) atoms. The molecule has 0 aromatic heterocycles. The highest BCUT2D eigenvalue weighted by atomic mass is 79.9. The van der Waals surface area contributed by atoms with Gasteiger partial charge in [-0.05, 0) is 18.1 Å². The molecule has 2 N–H and O–H groups in total. The van der Waals surface area contributed by atoms with E-state index < -0.39 is 0 Å². The normalized spacial score (nSPS) is 13.4. The lowest BCUT2D eigenvalue weighted by Crippen LogP contribution is -2.18. The van der Waals surface area contributed by atoms with Gasteiger partial charge in [-0.2, -0.15) is 0 Å². The predicted octanol–water partition coefficient (Wildman–Crippen LogP) is 3.24. The molecule has 1 aromatic carbocycles. The lowest BCUT2D eigenvalue weighted by atomic mass is 9.97. The standard InChI is InChI=1S/C10H13BrFN/c1-6(2)10(13)9-7(11)4-3-5-8(9)12/h3-6,10H,13H2,1-2H3/t10-/m0/s1. The molecule has 0 amide bonds. The highest BCUT2D eigenvalue weighted by molar-refractivity contribution is 9.10. The van der Waals surface area contributed by atoms with Crippen LogP contribution in [-0.4, -0.2) is 0 Å². The van der Waals surface area contributed by atoms with Gasteiger partial charge in [-0.1, -0.05) is 35.8 Å². The van der Waals surface area contributed by atoms with Crippen LogP contribution in [0, 0.1) is 11.7 Å². The fraction of sp³-hybridized carbons (Fsp3) is 0.400. The molecule has 0 unspecified atom stereocenters. The van der Waals surface area contributed by atoms with Gasteiger partial charge in [0.25, 0.3) is 0 Å². The van der Waals surface area contributed by atoms with E-state index in [1.807, 2.05) is 13.8 Å². The molecule has 72 valence electrons. The van der Waals surface area contributed by atoms with E-state index in [-0.39, 0.29) is 17.8 Å². The first kappa shape index (κ1) is 10.7. The van der Waals surface area contributed by atoms with E-state index in [0.717, 1.165) is 4.47 Å². The van der Waals surface area contributed by atoms with Gasteiger partial charge in [0.1, 0.15) is 5.82 Å². The SMILES string of the molecule is CC(C)[C@H](N)c1c(F)cccc1Br. The Morgan fingerprint density at radius 2 is 2.00 bits per heavy atom. The van der Waals surface area contributed by atoms with Crippen molar-refractivity contribution < 1.29 is 4.39 Å². The molecule has 3 heteroatoms. The van der Waals surface area contributed by atoms with Crippen LogP contribution in [0.1, 0.15) is 25.5 Å². The predicted molar refractivity (Wildman–Crippen MR) is 55.9 cm³/mol. The van der Waals surface area contributed by atoms with Gasteiger partial charge in [-0.15, -0.1) is 0 Å². The van der Waals surface area contributed by atoms with E-state index in [9.17, 15) is 4.39 Å². The topological polar surface area (TPSA) is 26.0 Å². The Hall–Kier alpha value is -0.410. The van der Waals surface area contributed by atoms with Crippen molar-refractivity contribution in [3.05, 3.63) is 34.1 Å². The molecule has 0 aliphatic carbocycles. The number of nitrogens with two attached hydrogens (primary N) is 1. The van der Waals surface area contributed by atoms with Gasteiger partial charge in [0, 0.05) is 16.1 Å². The summed E-state index contributed by atoms with van der Waals surface area (Å²) in [6, 6.07) is 4.65. The van der Waals surface area contributed by atoms with Gasteiger partial charge in [-0.3, -0.25) is 0 Å². The number of rotatable bonds is 2.